The number of hydrogen-bond acceptors (Lipinski definition) is 3. The minimum absolute atomic E-state index is 0.0234. The van der Waals surface area contributed by atoms with E-state index in [-0.39, 0.29) is 18.8 Å². The molecule has 1 aliphatic carbocycles. The lowest BCUT2D eigenvalue weighted by Crippen LogP contribution is -2.25. The second kappa shape index (κ2) is 6.48. The molecule has 0 aliphatic heterocycles. The monoisotopic (exact) mass is 337 g/mol. The number of hydrogen-bond donors (Lipinski definition) is 0. The van der Waals surface area contributed by atoms with Gasteiger partial charge in [0.1, 0.15) is 10.8 Å². The van der Waals surface area contributed by atoms with Crippen LogP contribution in [0.1, 0.15) is 37.1 Å². The molecule has 1 aliphatic rings. The van der Waals surface area contributed by atoms with Crippen LogP contribution in [0.25, 0.3) is 11.5 Å². The molecule has 2 heterocycles. The number of pyridine rings is 1. The van der Waals surface area contributed by atoms with E-state index < -0.39 is 5.92 Å². The normalized spacial score (nSPS) is 18.1. The number of rotatable bonds is 3. The van der Waals surface area contributed by atoms with E-state index in [9.17, 15) is 8.78 Å². The third-order valence-corrected chi connectivity index (χ3v) is 4.40. The van der Waals surface area contributed by atoms with Gasteiger partial charge in [-0.05, 0) is 50.3 Å². The van der Waals surface area contributed by atoms with Gasteiger partial charge in [-0.15, -0.1) is 0 Å². The highest BCUT2D eigenvalue weighted by Gasteiger charge is 2.34. The first-order valence-electron chi connectivity index (χ1n) is 7.77. The Morgan fingerprint density at radius 3 is 2.61 bits per heavy atom. The molecular formula is C17H18ClF2N3. The van der Waals surface area contributed by atoms with E-state index in [0.29, 0.717) is 35.9 Å². The minimum atomic E-state index is -2.49. The molecule has 0 bridgehead atoms. The standard InChI is InChI=1S/C17H18ClF2N3/c1-11-9-13(10-12-5-7-17(19,20)8-6-12)22-16(21-11)14-3-2-4-15(18)23-14/h2-4,9,12H,5-8,10H2,1H3. The van der Waals surface area contributed by atoms with Crippen LogP contribution in [-0.4, -0.2) is 20.9 Å². The Hall–Kier alpha value is -1.62. The average molecular weight is 338 g/mol. The lowest BCUT2D eigenvalue weighted by Gasteiger charge is -2.28. The second-order valence-electron chi connectivity index (χ2n) is 6.17. The number of nitrogens with zero attached hydrogens (tertiary/aromatic N) is 3. The van der Waals surface area contributed by atoms with Gasteiger partial charge in [-0.1, -0.05) is 17.7 Å². The summed E-state index contributed by atoms with van der Waals surface area (Å²) in [5.41, 5.74) is 2.34. The smallest absolute Gasteiger partial charge is 0.233 e. The SMILES string of the molecule is Cc1cc(CC2CCC(F)(F)CC2)nc(-c2cccc(Cl)n2)n1. The lowest BCUT2D eigenvalue weighted by molar-refractivity contribution is -0.0457. The van der Waals surface area contributed by atoms with E-state index >= 15 is 0 Å². The topological polar surface area (TPSA) is 38.7 Å². The van der Waals surface area contributed by atoms with Crippen molar-refractivity contribution in [2.75, 3.05) is 0 Å². The zero-order valence-electron chi connectivity index (χ0n) is 12.9. The van der Waals surface area contributed by atoms with E-state index in [1.807, 2.05) is 19.1 Å². The average Bonchev–Trinajstić information content (AvgIpc) is 2.49. The van der Waals surface area contributed by atoms with Crippen LogP contribution < -0.4 is 0 Å². The first-order chi connectivity index (χ1) is 10.9. The molecule has 2 aromatic heterocycles. The van der Waals surface area contributed by atoms with Crippen LogP contribution in [-0.2, 0) is 6.42 Å². The molecular weight excluding hydrogens is 320 g/mol. The minimum Gasteiger partial charge on any atom is -0.233 e. The van der Waals surface area contributed by atoms with Crippen molar-refractivity contribution in [3.8, 4) is 11.5 Å². The van der Waals surface area contributed by atoms with Gasteiger partial charge in [0.05, 0.1) is 0 Å². The molecule has 3 nitrogen and oxygen atoms in total. The third-order valence-electron chi connectivity index (χ3n) is 4.19. The van der Waals surface area contributed by atoms with Gasteiger partial charge in [0.2, 0.25) is 5.92 Å². The fourth-order valence-electron chi connectivity index (χ4n) is 2.99. The van der Waals surface area contributed by atoms with Crippen LogP contribution in [0.2, 0.25) is 5.15 Å². The fourth-order valence-corrected chi connectivity index (χ4v) is 3.15. The summed E-state index contributed by atoms with van der Waals surface area (Å²) >= 11 is 5.92. The molecule has 1 saturated carbocycles. The summed E-state index contributed by atoms with van der Waals surface area (Å²) in [5.74, 6) is -1.71. The van der Waals surface area contributed by atoms with Crippen LogP contribution in [0.3, 0.4) is 0 Å². The summed E-state index contributed by atoms with van der Waals surface area (Å²) in [6, 6.07) is 7.23. The van der Waals surface area contributed by atoms with Gasteiger partial charge in [-0.2, -0.15) is 0 Å². The van der Waals surface area contributed by atoms with E-state index in [0.717, 1.165) is 11.4 Å². The van der Waals surface area contributed by atoms with Gasteiger partial charge in [-0.25, -0.2) is 23.7 Å². The number of aryl methyl sites for hydroxylation is 1. The van der Waals surface area contributed by atoms with Crippen molar-refractivity contribution in [1.82, 2.24) is 15.0 Å². The maximum atomic E-state index is 13.3. The molecule has 6 heteroatoms. The first kappa shape index (κ1) is 16.2. The summed E-state index contributed by atoms with van der Waals surface area (Å²) in [5, 5.41) is 0.392. The summed E-state index contributed by atoms with van der Waals surface area (Å²) in [6.45, 7) is 1.90. The molecule has 0 amide bonds. The fraction of sp³-hybridized carbons (Fsp3) is 0.471. The molecule has 2 aromatic rings. The molecule has 122 valence electrons. The Balaban J connectivity index is 1.78. The van der Waals surface area contributed by atoms with Gasteiger partial charge in [0.25, 0.3) is 0 Å². The molecule has 0 aromatic carbocycles. The molecule has 0 N–H and O–H groups in total. The maximum absolute atomic E-state index is 13.3. The van der Waals surface area contributed by atoms with Crippen molar-refractivity contribution < 1.29 is 8.78 Å². The van der Waals surface area contributed by atoms with Gasteiger partial charge in [-0.3, -0.25) is 0 Å². The maximum Gasteiger partial charge on any atom is 0.248 e. The van der Waals surface area contributed by atoms with E-state index in [1.54, 1.807) is 12.1 Å². The highest BCUT2D eigenvalue weighted by molar-refractivity contribution is 6.29. The Bertz CT molecular complexity index is 696. The second-order valence-corrected chi connectivity index (χ2v) is 6.56. The van der Waals surface area contributed by atoms with Crippen molar-refractivity contribution in [3.63, 3.8) is 0 Å². The van der Waals surface area contributed by atoms with Gasteiger partial charge in [0.15, 0.2) is 5.82 Å². The summed E-state index contributed by atoms with van der Waals surface area (Å²) in [4.78, 5) is 13.2. The largest absolute Gasteiger partial charge is 0.248 e. The molecule has 0 atom stereocenters. The molecule has 0 radical (unpaired) electrons. The highest BCUT2D eigenvalue weighted by atomic mass is 35.5. The third kappa shape index (κ3) is 4.22. The van der Waals surface area contributed by atoms with Crippen LogP contribution in [0.4, 0.5) is 8.78 Å². The molecule has 0 spiro atoms. The zero-order chi connectivity index (χ0) is 16.4. The predicted molar refractivity (Wildman–Crippen MR) is 85.6 cm³/mol. The van der Waals surface area contributed by atoms with Crippen molar-refractivity contribution in [2.24, 2.45) is 5.92 Å². The number of alkyl halides is 2. The van der Waals surface area contributed by atoms with Crippen LogP contribution >= 0.6 is 11.6 Å². The number of halogens is 3. The molecule has 23 heavy (non-hydrogen) atoms. The predicted octanol–water partition coefficient (Wildman–Crippen LogP) is 4.87. The van der Waals surface area contributed by atoms with E-state index in [1.165, 1.54) is 0 Å². The Kier molecular flexibility index (Phi) is 4.57. The Morgan fingerprint density at radius 2 is 1.91 bits per heavy atom. The highest BCUT2D eigenvalue weighted by Crippen LogP contribution is 2.37. The molecule has 1 fully saturated rings. The van der Waals surface area contributed by atoms with Crippen LogP contribution in [0, 0.1) is 12.8 Å². The van der Waals surface area contributed by atoms with Crippen molar-refractivity contribution >= 4 is 11.6 Å². The first-order valence-corrected chi connectivity index (χ1v) is 8.14. The summed E-state index contributed by atoms with van der Waals surface area (Å²) in [7, 11) is 0. The Labute approximate surface area is 139 Å². The van der Waals surface area contributed by atoms with Crippen molar-refractivity contribution in [1.29, 1.82) is 0 Å². The molecule has 3 rings (SSSR count). The van der Waals surface area contributed by atoms with Crippen LogP contribution in [0.5, 0.6) is 0 Å². The van der Waals surface area contributed by atoms with Crippen molar-refractivity contribution in [2.45, 2.75) is 45.0 Å². The quantitative estimate of drug-likeness (QED) is 0.750. The van der Waals surface area contributed by atoms with Crippen molar-refractivity contribution in [3.05, 3.63) is 40.8 Å². The van der Waals surface area contributed by atoms with Gasteiger partial charge >= 0.3 is 0 Å². The number of aromatic nitrogens is 3. The molecule has 0 saturated heterocycles. The van der Waals surface area contributed by atoms with E-state index in [4.69, 9.17) is 11.6 Å². The van der Waals surface area contributed by atoms with Crippen LogP contribution in [0.15, 0.2) is 24.3 Å². The summed E-state index contributed by atoms with van der Waals surface area (Å²) < 4.78 is 26.5. The van der Waals surface area contributed by atoms with E-state index in [2.05, 4.69) is 15.0 Å². The van der Waals surface area contributed by atoms with Gasteiger partial charge < -0.3 is 0 Å². The van der Waals surface area contributed by atoms with Gasteiger partial charge in [0, 0.05) is 24.2 Å². The zero-order valence-corrected chi connectivity index (χ0v) is 13.7. The molecule has 0 unspecified atom stereocenters. The Morgan fingerprint density at radius 1 is 1.17 bits per heavy atom. The summed E-state index contributed by atoms with van der Waals surface area (Å²) in [6.07, 6.45) is 1.74. The lowest BCUT2D eigenvalue weighted by atomic mass is 9.84.